The van der Waals surface area contributed by atoms with Crippen molar-refractivity contribution >= 4 is 100 Å². The summed E-state index contributed by atoms with van der Waals surface area (Å²) in [4.78, 5) is 37.5. The molecule has 686 valence electrons. The third kappa shape index (κ3) is 17.8. The van der Waals surface area contributed by atoms with Gasteiger partial charge in [-0.05, 0) is 131 Å². The smallest absolute Gasteiger partial charge is 0.399 e. The number of sulfone groups is 2. The van der Waals surface area contributed by atoms with Crippen LogP contribution in [0.2, 0.25) is 15.2 Å². The molecule has 130 heavy (non-hydrogen) atoms. The number of halogens is 17. The van der Waals surface area contributed by atoms with Crippen LogP contribution in [0.1, 0.15) is 157 Å². The molecule has 0 spiro atoms. The van der Waals surface area contributed by atoms with Crippen LogP contribution in [0, 0.1) is 35.1 Å². The van der Waals surface area contributed by atoms with Crippen LogP contribution in [0.3, 0.4) is 0 Å². The van der Waals surface area contributed by atoms with Crippen LogP contribution in [-0.2, 0) is 124 Å². The lowest BCUT2D eigenvalue weighted by atomic mass is 9.82. The van der Waals surface area contributed by atoms with Crippen LogP contribution in [0.25, 0.3) is 55.3 Å². The van der Waals surface area contributed by atoms with E-state index in [9.17, 15) is 70.3 Å². The third-order valence-corrected chi connectivity index (χ3v) is 27.3. The van der Waals surface area contributed by atoms with Gasteiger partial charge in [0.1, 0.15) is 52.9 Å². The Hall–Kier alpha value is -10.0. The highest BCUT2D eigenvalue weighted by Crippen LogP contribution is 2.70. The number of fused-ring (bicyclic) bond motifs is 8. The van der Waals surface area contributed by atoms with Gasteiger partial charge >= 0.3 is 19.5 Å². The fourth-order valence-electron chi connectivity index (χ4n) is 18.0. The number of alkyl halides is 10. The molecule has 8 aromatic heterocycles. The summed E-state index contributed by atoms with van der Waals surface area (Å²) in [6.45, 7) is 8.69. The number of ether oxygens (including phenoxy) is 2. The second kappa shape index (κ2) is 33.3. The van der Waals surface area contributed by atoms with Crippen molar-refractivity contribution in [1.82, 2.24) is 68.7 Å². The first kappa shape index (κ1) is 91.9. The van der Waals surface area contributed by atoms with Gasteiger partial charge in [-0.15, -0.1) is 0 Å². The fourth-order valence-corrected chi connectivity index (χ4v) is 20.1. The Labute approximate surface area is 747 Å². The van der Waals surface area contributed by atoms with Gasteiger partial charge < -0.3 is 18.8 Å². The van der Waals surface area contributed by atoms with Gasteiger partial charge in [0, 0.05) is 149 Å². The van der Waals surface area contributed by atoms with Crippen molar-refractivity contribution in [3.8, 4) is 33.5 Å². The zero-order valence-electron chi connectivity index (χ0n) is 70.1. The Morgan fingerprint density at radius 3 is 1.35 bits per heavy atom. The molecule has 12 aromatic rings. The first-order chi connectivity index (χ1) is 60.9. The number of carbonyl (C=O) groups excluding carboxylic acids is 2. The summed E-state index contributed by atoms with van der Waals surface area (Å²) in [6.07, 6.45) is -2.68. The molecule has 0 amide bonds. The van der Waals surface area contributed by atoms with Crippen LogP contribution in [0.15, 0.2) is 110 Å². The highest BCUT2D eigenvalue weighted by molar-refractivity contribution is 7.90. The molecule has 4 aromatic carbocycles. The molecule has 5 fully saturated rings. The molecule has 24 nitrogen and oxygen atoms in total. The first-order valence-electron chi connectivity index (χ1n) is 40.9. The molecule has 7 aliphatic rings. The minimum absolute atomic E-state index is 0.0149. The van der Waals surface area contributed by atoms with E-state index in [1.54, 1.807) is 67.6 Å². The van der Waals surface area contributed by atoms with E-state index in [1.807, 2.05) is 17.1 Å². The van der Waals surface area contributed by atoms with Crippen molar-refractivity contribution in [3.05, 3.63) is 216 Å². The average molecular weight is 1910 g/mol. The van der Waals surface area contributed by atoms with Gasteiger partial charge in [-0.25, -0.2) is 39.4 Å². The monoisotopic (exact) mass is 1910 g/mol. The summed E-state index contributed by atoms with van der Waals surface area (Å²) >= 11 is 19.6. The van der Waals surface area contributed by atoms with Crippen LogP contribution in [-0.4, -0.2) is 154 Å². The summed E-state index contributed by atoms with van der Waals surface area (Å²) in [5.41, 5.74) is -1.54. The number of benzene rings is 4. The van der Waals surface area contributed by atoms with E-state index in [0.717, 1.165) is 55.5 Å². The standard InChI is InChI=1S/C40H33ClF7N7O4S.C34H26Cl2F7N5O3S.C12H19BN2O3/c1-53-36-27(3-5-30(41)34(36)32(51-53)18-60(2,57)58)26-4-6-31(21-13-49-54(14-21)24-16-59-17-24)50-35(26)20(7-19-8-22(42)11-23(43)9-19)10-25(56)15-55-38-33(37(52-55)40(46,47)48)28-12-29(28)39(38,44)45;1-47-30-21(3-5-24(35)28(30)25(45-47)14-52(2,50)51)20-4-6-26(36)44-29(20)16(7-15-8-17(37)11-18(38)9-15)10-19(49)13-48-32-27(31(46-48)34(41,42)43)22-12-23(22)33(32,39)40;1-11(2)12(3,4)18-13(17-11)9-5-14-15(6-9)10-7-16-8-10/h3-6,8-9,11,13-14,20,24,28-29H,7,10,12,15-18H2,1-2H3;3-6,8-9,11,16,22-23H,7,10,12-14H2,1-2H3;5-6,10H,7-8H2,1-4H3/t20-,28+,29-;16-,22+,23-;/m11./s1. The molecule has 6 atom stereocenters. The van der Waals surface area contributed by atoms with Crippen molar-refractivity contribution in [3.63, 3.8) is 0 Å². The van der Waals surface area contributed by atoms with Gasteiger partial charge in [0.2, 0.25) is 0 Å². The lowest BCUT2D eigenvalue weighted by molar-refractivity contribution is -0.143. The van der Waals surface area contributed by atoms with Crippen LogP contribution in [0.5, 0.6) is 0 Å². The Morgan fingerprint density at radius 1 is 0.538 bits per heavy atom. The maximum Gasteiger partial charge on any atom is 0.498 e. The van der Waals surface area contributed by atoms with E-state index < -0.39 is 186 Å². The van der Waals surface area contributed by atoms with E-state index in [4.69, 9.17) is 58.6 Å². The van der Waals surface area contributed by atoms with Crippen molar-refractivity contribution in [2.45, 2.75) is 162 Å². The Bertz CT molecular complexity index is 6770. The SMILES string of the molecule is CC1(C)OB(c2cnn(C3COC3)c2)OC1(C)C.Cn1nc(CS(C)(=O)=O)c2c(Cl)ccc(-c3ccc(-c4cnn(C5COC5)c4)nc3[C@@H](CC(=O)Cn3nc(C(F)(F)F)c4c3C(F)(F)[C@@H]3C[C@H]43)Cc3cc(F)cc(F)c3)c21.Cn1nc(CS(C)(=O)=O)c2c(Cl)ccc(-c3ccc(Cl)nc3[C@@H](CC(=O)Cn3nc(C(F)(F)F)c4c3C(F)(F)[C@@H]3C[C@H]43)Cc3cc(F)cc(F)c3)c21. The van der Waals surface area contributed by atoms with E-state index in [1.165, 1.54) is 21.5 Å². The number of hydrogen-bond acceptors (Lipinski definition) is 18. The minimum atomic E-state index is -5.05. The fraction of sp³-hybridized carbons (Fsp3) is 0.419. The van der Waals surface area contributed by atoms with Crippen molar-refractivity contribution in [2.75, 3.05) is 38.9 Å². The number of aromatic nitrogens is 14. The Kier molecular flexibility index (Phi) is 23.5. The molecule has 11 heterocycles. The number of ketones is 2. The molecule has 3 saturated heterocycles. The highest BCUT2D eigenvalue weighted by Gasteiger charge is 2.70. The van der Waals surface area contributed by atoms with Gasteiger partial charge in [-0.1, -0.05) is 53.0 Å². The van der Waals surface area contributed by atoms with E-state index >= 15 is 17.6 Å². The summed E-state index contributed by atoms with van der Waals surface area (Å²) in [7, 11) is -4.33. The topological polar surface area (TPSA) is 272 Å². The number of Topliss-reactive ketones (excluding diaryl/α,β-unsaturated/α-hetero) is 2. The predicted octanol–water partition coefficient (Wildman–Crippen LogP) is 16.9. The average Bonchev–Trinajstić information content (AvgIpc) is 1.52. The van der Waals surface area contributed by atoms with Gasteiger partial charge in [0.15, 0.2) is 42.6 Å². The summed E-state index contributed by atoms with van der Waals surface area (Å²) in [6, 6.07) is 18.5. The highest BCUT2D eigenvalue weighted by atomic mass is 35.5. The van der Waals surface area contributed by atoms with E-state index in [2.05, 4.69) is 63.3 Å². The zero-order valence-corrected chi connectivity index (χ0v) is 74.0. The van der Waals surface area contributed by atoms with Gasteiger partial charge in [0.25, 0.3) is 11.8 Å². The van der Waals surface area contributed by atoms with Crippen molar-refractivity contribution < 1.29 is 107 Å². The van der Waals surface area contributed by atoms with Gasteiger partial charge in [-0.3, -0.25) is 42.7 Å². The quantitative estimate of drug-likeness (QED) is 0.0309. The Balaban J connectivity index is 0.000000154. The van der Waals surface area contributed by atoms with Crippen molar-refractivity contribution in [2.24, 2.45) is 25.9 Å². The largest absolute Gasteiger partial charge is 0.498 e. The Morgan fingerprint density at radius 2 is 0.938 bits per heavy atom. The van der Waals surface area contributed by atoms with Crippen molar-refractivity contribution in [1.29, 1.82) is 0 Å². The van der Waals surface area contributed by atoms with Crippen LogP contribution >= 0.6 is 34.8 Å². The lowest BCUT2D eigenvalue weighted by Gasteiger charge is -2.32. The number of aryl methyl sites for hydroxylation is 2. The second-order valence-corrected chi connectivity index (χ2v) is 40.5. The maximum atomic E-state index is 15.5. The third-order valence-electron chi connectivity index (χ3n) is 24.8. The molecule has 2 saturated carbocycles. The minimum Gasteiger partial charge on any atom is -0.399 e. The molecule has 19 rings (SSSR count). The second-order valence-electron chi connectivity index (χ2n) is 35.1. The molecular weight excluding hydrogens is 1840 g/mol. The summed E-state index contributed by atoms with van der Waals surface area (Å²) in [5, 5.41) is 25.6. The number of pyridine rings is 2. The zero-order chi connectivity index (χ0) is 93.2. The predicted molar refractivity (Wildman–Crippen MR) is 448 cm³/mol. The molecule has 0 unspecified atom stereocenters. The maximum absolute atomic E-state index is 15.5. The number of hydrogen-bond donors (Lipinski definition) is 0. The molecule has 0 N–H and O–H groups in total. The van der Waals surface area contributed by atoms with Crippen LogP contribution < -0.4 is 5.46 Å². The number of carbonyl (C=O) groups is 2. The molecule has 3 aliphatic heterocycles. The lowest BCUT2D eigenvalue weighted by Crippen LogP contribution is -2.41. The van der Waals surface area contributed by atoms with Gasteiger partial charge in [-0.2, -0.15) is 74.5 Å². The van der Waals surface area contributed by atoms with E-state index in [-0.39, 0.29) is 99.1 Å². The summed E-state index contributed by atoms with van der Waals surface area (Å²) in [5.74, 6) is -20.3. The summed E-state index contributed by atoms with van der Waals surface area (Å²) < 4.78 is 283. The molecular formula is C86H78BCl3F14N14O10S2. The number of nitrogens with zero attached hydrogens (tertiary/aromatic N) is 14. The molecule has 0 bridgehead atoms. The molecule has 0 radical (unpaired) electrons. The van der Waals surface area contributed by atoms with E-state index in [0.29, 0.717) is 96.1 Å². The normalized spacial score (nSPS) is 19.8. The van der Waals surface area contributed by atoms with Gasteiger partial charge in [0.05, 0.1) is 117 Å². The first-order valence-corrected chi connectivity index (χ1v) is 46.1. The molecule has 4 aliphatic carbocycles. The van der Waals surface area contributed by atoms with Crippen LogP contribution in [0.4, 0.5) is 61.5 Å². The molecule has 44 heteroatoms. The number of rotatable bonds is 24.